The number of aliphatic carboxylic acids is 1. The molecule has 1 aromatic carbocycles. The molecule has 4 nitrogen and oxygen atoms in total. The number of rotatable bonds is 4. The van der Waals surface area contributed by atoms with E-state index >= 15 is 0 Å². The number of carbonyl (C=O) groups is 2. The number of halogens is 2. The predicted octanol–water partition coefficient (Wildman–Crippen LogP) is 3.15. The van der Waals surface area contributed by atoms with E-state index in [1.165, 1.54) is 6.08 Å². The van der Waals surface area contributed by atoms with Crippen LogP contribution >= 0.6 is 23.2 Å². The van der Waals surface area contributed by atoms with Crippen LogP contribution in [0.3, 0.4) is 0 Å². The minimum atomic E-state index is -0.885. The summed E-state index contributed by atoms with van der Waals surface area (Å²) in [5, 5.41) is 12.6. The molecule has 2 atom stereocenters. The maximum Gasteiger partial charge on any atom is 0.310 e. The lowest BCUT2D eigenvalue weighted by molar-refractivity contribution is -0.140. The molecule has 0 fully saturated rings. The highest BCUT2D eigenvalue weighted by atomic mass is 35.5. The second-order valence-electron chi connectivity index (χ2n) is 4.68. The Morgan fingerprint density at radius 3 is 2.71 bits per heavy atom. The third kappa shape index (κ3) is 4.34. The van der Waals surface area contributed by atoms with Crippen molar-refractivity contribution in [2.45, 2.75) is 12.5 Å². The highest BCUT2D eigenvalue weighted by molar-refractivity contribution is 6.34. The molecular weight excluding hydrogens is 313 g/mol. The van der Waals surface area contributed by atoms with E-state index in [1.54, 1.807) is 36.4 Å². The average molecular weight is 326 g/mol. The van der Waals surface area contributed by atoms with Gasteiger partial charge in [-0.2, -0.15) is 0 Å². The van der Waals surface area contributed by atoms with Gasteiger partial charge in [0.2, 0.25) is 5.91 Å². The molecule has 110 valence electrons. The number of benzene rings is 1. The summed E-state index contributed by atoms with van der Waals surface area (Å²) in [5.74, 6) is -1.74. The Morgan fingerprint density at radius 1 is 1.29 bits per heavy atom. The van der Waals surface area contributed by atoms with E-state index in [0.29, 0.717) is 22.0 Å². The molecule has 0 saturated carbocycles. The summed E-state index contributed by atoms with van der Waals surface area (Å²) >= 11 is 11.8. The zero-order valence-corrected chi connectivity index (χ0v) is 12.4. The zero-order valence-electron chi connectivity index (χ0n) is 10.9. The van der Waals surface area contributed by atoms with Gasteiger partial charge in [0.25, 0.3) is 0 Å². The van der Waals surface area contributed by atoms with E-state index in [1.807, 2.05) is 0 Å². The van der Waals surface area contributed by atoms with Gasteiger partial charge < -0.3 is 10.4 Å². The summed E-state index contributed by atoms with van der Waals surface area (Å²) in [6.45, 7) is 0. The van der Waals surface area contributed by atoms with Gasteiger partial charge in [-0.05, 0) is 36.3 Å². The van der Waals surface area contributed by atoms with E-state index in [0.717, 1.165) is 0 Å². The second-order valence-corrected chi connectivity index (χ2v) is 5.52. The Kier molecular flexibility index (Phi) is 5.04. The number of amides is 1. The van der Waals surface area contributed by atoms with Gasteiger partial charge in [-0.1, -0.05) is 35.4 Å². The number of hydrogen-bond acceptors (Lipinski definition) is 2. The minimum absolute atomic E-state index is 0.266. The highest BCUT2D eigenvalue weighted by Crippen LogP contribution is 2.22. The Hall–Kier alpha value is -1.78. The Labute approximate surface area is 132 Å². The molecule has 0 saturated heterocycles. The fourth-order valence-electron chi connectivity index (χ4n) is 2.03. The highest BCUT2D eigenvalue weighted by Gasteiger charge is 2.24. The lowest BCUT2D eigenvalue weighted by Gasteiger charge is -2.10. The summed E-state index contributed by atoms with van der Waals surface area (Å²) in [6, 6.07) is 4.71. The van der Waals surface area contributed by atoms with Crippen molar-refractivity contribution in [2.24, 2.45) is 5.92 Å². The van der Waals surface area contributed by atoms with Gasteiger partial charge in [-0.15, -0.1) is 0 Å². The smallest absolute Gasteiger partial charge is 0.310 e. The minimum Gasteiger partial charge on any atom is -0.481 e. The van der Waals surface area contributed by atoms with E-state index in [2.05, 4.69) is 5.32 Å². The summed E-state index contributed by atoms with van der Waals surface area (Å²) < 4.78 is 0. The van der Waals surface area contributed by atoms with E-state index < -0.39 is 11.9 Å². The molecule has 1 aliphatic rings. The van der Waals surface area contributed by atoms with Crippen molar-refractivity contribution in [3.05, 3.63) is 52.0 Å². The number of carboxylic acids is 1. The van der Waals surface area contributed by atoms with Gasteiger partial charge in [0.05, 0.1) is 5.92 Å². The van der Waals surface area contributed by atoms with Gasteiger partial charge in [0, 0.05) is 22.2 Å². The topological polar surface area (TPSA) is 66.4 Å². The van der Waals surface area contributed by atoms with Crippen LogP contribution in [0.4, 0.5) is 0 Å². The molecule has 1 amide bonds. The van der Waals surface area contributed by atoms with Crippen molar-refractivity contribution < 1.29 is 14.7 Å². The lowest BCUT2D eigenvalue weighted by atomic mass is 10.1. The Bertz CT molecular complexity index is 625. The van der Waals surface area contributed by atoms with Crippen LogP contribution in [0.2, 0.25) is 10.0 Å². The number of nitrogens with one attached hydrogen (secondary N) is 1. The maximum atomic E-state index is 11.8. The Morgan fingerprint density at radius 2 is 2.05 bits per heavy atom. The van der Waals surface area contributed by atoms with Gasteiger partial charge >= 0.3 is 5.97 Å². The van der Waals surface area contributed by atoms with Crippen LogP contribution in [0.15, 0.2) is 36.4 Å². The monoisotopic (exact) mass is 325 g/mol. The average Bonchev–Trinajstić information content (AvgIpc) is 2.88. The van der Waals surface area contributed by atoms with Crippen molar-refractivity contribution in [3.8, 4) is 0 Å². The fraction of sp³-hybridized carbons (Fsp3) is 0.200. The SMILES string of the molecule is O=C(C=Cc1cc(Cl)ccc1Cl)NC1C=CC(C(=O)O)C1. The normalized spacial score (nSPS) is 20.9. The standard InChI is InChI=1S/C15H13Cl2NO3/c16-11-3-5-13(17)9(7-11)2-6-14(19)18-12-4-1-10(8-12)15(20)21/h1-7,10,12H,8H2,(H,18,19)(H,20,21). The summed E-state index contributed by atoms with van der Waals surface area (Å²) in [7, 11) is 0. The van der Waals surface area contributed by atoms with E-state index in [9.17, 15) is 9.59 Å². The molecule has 6 heteroatoms. The van der Waals surface area contributed by atoms with Crippen molar-refractivity contribution in [1.29, 1.82) is 0 Å². The quantitative estimate of drug-likeness (QED) is 0.660. The third-order valence-electron chi connectivity index (χ3n) is 3.10. The first-order valence-electron chi connectivity index (χ1n) is 6.30. The molecule has 1 aromatic rings. The van der Waals surface area contributed by atoms with Crippen LogP contribution < -0.4 is 5.32 Å². The maximum absolute atomic E-state index is 11.8. The van der Waals surface area contributed by atoms with Crippen LogP contribution in [0, 0.1) is 5.92 Å². The molecule has 0 bridgehead atoms. The number of carbonyl (C=O) groups excluding carboxylic acids is 1. The predicted molar refractivity (Wildman–Crippen MR) is 82.3 cm³/mol. The molecule has 0 aliphatic heterocycles. The largest absolute Gasteiger partial charge is 0.481 e. The molecule has 2 unspecified atom stereocenters. The third-order valence-corrected chi connectivity index (χ3v) is 3.68. The summed E-state index contributed by atoms with van der Waals surface area (Å²) in [5.41, 5.74) is 0.643. The van der Waals surface area contributed by atoms with Crippen LogP contribution in [-0.2, 0) is 9.59 Å². The van der Waals surface area contributed by atoms with Crippen molar-refractivity contribution in [2.75, 3.05) is 0 Å². The van der Waals surface area contributed by atoms with Gasteiger partial charge in [0.1, 0.15) is 0 Å². The summed E-state index contributed by atoms with van der Waals surface area (Å²) in [6.07, 6.45) is 6.56. The van der Waals surface area contributed by atoms with Crippen molar-refractivity contribution in [1.82, 2.24) is 5.32 Å². The molecule has 21 heavy (non-hydrogen) atoms. The molecular formula is C15H13Cl2NO3. The van der Waals surface area contributed by atoms with Crippen LogP contribution in [0.5, 0.6) is 0 Å². The second kappa shape index (κ2) is 6.78. The van der Waals surface area contributed by atoms with E-state index in [-0.39, 0.29) is 11.9 Å². The summed E-state index contributed by atoms with van der Waals surface area (Å²) in [4.78, 5) is 22.6. The van der Waals surface area contributed by atoms with Crippen LogP contribution in [0.25, 0.3) is 6.08 Å². The first-order valence-corrected chi connectivity index (χ1v) is 7.06. The molecule has 0 radical (unpaired) electrons. The van der Waals surface area contributed by atoms with Crippen LogP contribution in [0.1, 0.15) is 12.0 Å². The van der Waals surface area contributed by atoms with Crippen molar-refractivity contribution in [3.63, 3.8) is 0 Å². The molecule has 0 heterocycles. The van der Waals surface area contributed by atoms with E-state index in [4.69, 9.17) is 28.3 Å². The fourth-order valence-corrected chi connectivity index (χ4v) is 2.39. The lowest BCUT2D eigenvalue weighted by Crippen LogP contribution is -2.31. The van der Waals surface area contributed by atoms with Gasteiger partial charge in [-0.3, -0.25) is 9.59 Å². The zero-order chi connectivity index (χ0) is 15.4. The molecule has 1 aliphatic carbocycles. The first kappa shape index (κ1) is 15.6. The number of carboxylic acid groups (broad SMARTS) is 1. The van der Waals surface area contributed by atoms with Gasteiger partial charge in [0.15, 0.2) is 0 Å². The molecule has 2 N–H and O–H groups in total. The Balaban J connectivity index is 1.93. The molecule has 0 aromatic heterocycles. The first-order chi connectivity index (χ1) is 9.95. The number of hydrogen-bond donors (Lipinski definition) is 2. The van der Waals surface area contributed by atoms with Crippen LogP contribution in [-0.4, -0.2) is 23.0 Å². The molecule has 2 rings (SSSR count). The van der Waals surface area contributed by atoms with Crippen molar-refractivity contribution >= 4 is 41.2 Å². The van der Waals surface area contributed by atoms with Gasteiger partial charge in [-0.25, -0.2) is 0 Å². The molecule has 0 spiro atoms.